The summed E-state index contributed by atoms with van der Waals surface area (Å²) in [5.74, 6) is -0.835. The Hall–Kier alpha value is -1.10. The van der Waals surface area contributed by atoms with Crippen LogP contribution in [0.3, 0.4) is 0 Å². The first-order chi connectivity index (χ1) is 8.09. The highest BCUT2D eigenvalue weighted by Gasteiger charge is 2.39. The zero-order chi connectivity index (χ0) is 14.4. The number of carbonyl (C=O) groups is 2. The second-order valence-electron chi connectivity index (χ2n) is 5.81. The van der Waals surface area contributed by atoms with Crippen LogP contribution in [0.25, 0.3) is 0 Å². The lowest BCUT2D eigenvalue weighted by molar-refractivity contribution is -0.137. The second kappa shape index (κ2) is 6.73. The number of amides is 1. The van der Waals surface area contributed by atoms with Crippen molar-refractivity contribution in [2.75, 3.05) is 6.54 Å². The van der Waals surface area contributed by atoms with E-state index < -0.39 is 16.9 Å². The summed E-state index contributed by atoms with van der Waals surface area (Å²) in [6.45, 7) is 7.89. The molecule has 4 N–H and O–H groups in total. The Kier molecular flexibility index (Phi) is 6.32. The maximum atomic E-state index is 12.0. The molecule has 18 heavy (non-hydrogen) atoms. The van der Waals surface area contributed by atoms with Gasteiger partial charge < -0.3 is 16.2 Å². The predicted molar refractivity (Wildman–Crippen MR) is 71.2 cm³/mol. The minimum Gasteiger partial charge on any atom is -0.481 e. The third kappa shape index (κ3) is 5.49. The summed E-state index contributed by atoms with van der Waals surface area (Å²) in [5, 5.41) is 11.3. The molecule has 0 bridgehead atoms. The van der Waals surface area contributed by atoms with E-state index in [9.17, 15) is 9.59 Å². The molecule has 5 nitrogen and oxygen atoms in total. The summed E-state index contributed by atoms with van der Waals surface area (Å²) in [7, 11) is 0. The summed E-state index contributed by atoms with van der Waals surface area (Å²) in [4.78, 5) is 22.3. The lowest BCUT2D eigenvalue weighted by Crippen LogP contribution is -2.55. The first-order valence-corrected chi connectivity index (χ1v) is 6.38. The van der Waals surface area contributed by atoms with Gasteiger partial charge in [0.2, 0.25) is 5.91 Å². The van der Waals surface area contributed by atoms with Crippen LogP contribution >= 0.6 is 0 Å². The molecule has 0 saturated carbocycles. The molecule has 0 spiro atoms. The van der Waals surface area contributed by atoms with Crippen molar-refractivity contribution >= 4 is 11.9 Å². The number of carbonyl (C=O) groups excluding carboxylic acids is 1. The van der Waals surface area contributed by atoms with Gasteiger partial charge in [0.05, 0.1) is 5.41 Å². The molecule has 0 radical (unpaired) electrons. The van der Waals surface area contributed by atoms with Crippen LogP contribution in [0.4, 0.5) is 0 Å². The Bertz CT molecular complexity index is 293. The number of nitrogens with one attached hydrogen (secondary N) is 1. The van der Waals surface area contributed by atoms with Crippen LogP contribution in [-0.2, 0) is 9.59 Å². The van der Waals surface area contributed by atoms with Crippen LogP contribution < -0.4 is 11.1 Å². The molecule has 1 amide bonds. The Morgan fingerprint density at radius 2 is 1.67 bits per heavy atom. The molecule has 5 heteroatoms. The minimum atomic E-state index is -0.773. The molecule has 0 aromatic carbocycles. The monoisotopic (exact) mass is 258 g/mol. The summed E-state index contributed by atoms with van der Waals surface area (Å²) >= 11 is 0. The highest BCUT2D eigenvalue weighted by Crippen LogP contribution is 2.28. The Morgan fingerprint density at radius 3 is 2.11 bits per heavy atom. The number of unbranched alkanes of at least 4 members (excludes halogenated alkanes) is 2. The SMILES string of the molecule is CC(C)(N)C(C)(C)C(=O)NCCCCCC(=O)O. The Labute approximate surface area is 109 Å². The molecule has 0 aliphatic rings. The van der Waals surface area contributed by atoms with E-state index in [2.05, 4.69) is 5.32 Å². The van der Waals surface area contributed by atoms with Gasteiger partial charge in [0, 0.05) is 18.5 Å². The van der Waals surface area contributed by atoms with E-state index in [1.165, 1.54) is 0 Å². The number of hydrogen-bond donors (Lipinski definition) is 3. The first kappa shape index (κ1) is 16.9. The third-order valence-corrected chi connectivity index (χ3v) is 3.53. The molecule has 0 heterocycles. The highest BCUT2D eigenvalue weighted by atomic mass is 16.4. The number of hydrogen-bond acceptors (Lipinski definition) is 3. The van der Waals surface area contributed by atoms with Gasteiger partial charge in [-0.25, -0.2) is 0 Å². The second-order valence-corrected chi connectivity index (χ2v) is 5.81. The van der Waals surface area contributed by atoms with Gasteiger partial charge in [0.1, 0.15) is 0 Å². The van der Waals surface area contributed by atoms with Gasteiger partial charge in [-0.3, -0.25) is 9.59 Å². The molecule has 0 aliphatic heterocycles. The number of rotatable bonds is 8. The quantitative estimate of drug-likeness (QED) is 0.575. The maximum Gasteiger partial charge on any atom is 0.303 e. The molecular formula is C13H26N2O3. The van der Waals surface area contributed by atoms with Crippen LogP contribution in [0.15, 0.2) is 0 Å². The molecule has 106 valence electrons. The highest BCUT2D eigenvalue weighted by molar-refractivity contribution is 5.83. The van der Waals surface area contributed by atoms with Crippen molar-refractivity contribution in [1.82, 2.24) is 5.32 Å². The van der Waals surface area contributed by atoms with Gasteiger partial charge in [-0.1, -0.05) is 6.42 Å². The van der Waals surface area contributed by atoms with Crippen LogP contribution in [0.2, 0.25) is 0 Å². The van der Waals surface area contributed by atoms with Crippen molar-refractivity contribution in [2.45, 2.75) is 58.9 Å². The van der Waals surface area contributed by atoms with E-state index >= 15 is 0 Å². The number of nitrogens with two attached hydrogens (primary N) is 1. The van der Waals surface area contributed by atoms with Crippen molar-refractivity contribution < 1.29 is 14.7 Å². The van der Waals surface area contributed by atoms with Crippen molar-refractivity contribution in [3.05, 3.63) is 0 Å². The molecule has 0 saturated heterocycles. The van der Waals surface area contributed by atoms with Crippen molar-refractivity contribution in [3.8, 4) is 0 Å². The molecule has 0 rings (SSSR count). The largest absolute Gasteiger partial charge is 0.481 e. The fourth-order valence-electron chi connectivity index (χ4n) is 1.29. The van der Waals surface area contributed by atoms with E-state index in [0.29, 0.717) is 13.0 Å². The minimum absolute atomic E-state index is 0.0618. The van der Waals surface area contributed by atoms with Crippen LogP contribution in [0.1, 0.15) is 53.4 Å². The summed E-state index contributed by atoms with van der Waals surface area (Å²) in [6.07, 6.45) is 2.44. The van der Waals surface area contributed by atoms with Crippen molar-refractivity contribution in [1.29, 1.82) is 0 Å². The Balaban J connectivity index is 3.88. The first-order valence-electron chi connectivity index (χ1n) is 6.38. The van der Waals surface area contributed by atoms with Gasteiger partial charge in [-0.05, 0) is 40.5 Å². The van der Waals surface area contributed by atoms with Crippen molar-refractivity contribution in [3.63, 3.8) is 0 Å². The lowest BCUT2D eigenvalue weighted by Gasteiger charge is -2.36. The zero-order valence-electron chi connectivity index (χ0n) is 11.9. The third-order valence-electron chi connectivity index (χ3n) is 3.53. The number of carboxylic acids is 1. The van der Waals surface area contributed by atoms with Gasteiger partial charge in [0.15, 0.2) is 0 Å². The fraction of sp³-hybridized carbons (Fsp3) is 0.846. The molecule has 0 aliphatic carbocycles. The van der Waals surface area contributed by atoms with Crippen LogP contribution in [0.5, 0.6) is 0 Å². The number of aliphatic carboxylic acids is 1. The smallest absolute Gasteiger partial charge is 0.303 e. The van der Waals surface area contributed by atoms with E-state index in [-0.39, 0.29) is 12.3 Å². The summed E-state index contributed by atoms with van der Waals surface area (Å²) in [5.41, 5.74) is 4.76. The molecule has 0 atom stereocenters. The van der Waals surface area contributed by atoms with Gasteiger partial charge >= 0.3 is 5.97 Å². The van der Waals surface area contributed by atoms with Crippen LogP contribution in [0, 0.1) is 5.41 Å². The maximum absolute atomic E-state index is 12.0. The van der Waals surface area contributed by atoms with Gasteiger partial charge in [-0.2, -0.15) is 0 Å². The fourth-order valence-corrected chi connectivity index (χ4v) is 1.29. The average Bonchev–Trinajstić information content (AvgIpc) is 2.20. The summed E-state index contributed by atoms with van der Waals surface area (Å²) in [6, 6.07) is 0. The molecule has 0 aromatic rings. The van der Waals surface area contributed by atoms with E-state index in [1.807, 2.05) is 27.7 Å². The molecule has 0 unspecified atom stereocenters. The topological polar surface area (TPSA) is 92.4 Å². The molecule has 0 aromatic heterocycles. The van der Waals surface area contributed by atoms with Gasteiger partial charge in [0.25, 0.3) is 0 Å². The molecular weight excluding hydrogens is 232 g/mol. The average molecular weight is 258 g/mol. The van der Waals surface area contributed by atoms with E-state index in [1.54, 1.807) is 0 Å². The Morgan fingerprint density at radius 1 is 1.11 bits per heavy atom. The lowest BCUT2D eigenvalue weighted by atomic mass is 9.74. The van der Waals surface area contributed by atoms with Crippen LogP contribution in [-0.4, -0.2) is 29.1 Å². The molecule has 0 fully saturated rings. The predicted octanol–water partition coefficient (Wildman–Crippen LogP) is 1.51. The van der Waals surface area contributed by atoms with E-state index in [4.69, 9.17) is 10.8 Å². The number of carboxylic acid groups (broad SMARTS) is 1. The van der Waals surface area contributed by atoms with E-state index in [0.717, 1.165) is 12.8 Å². The standard InChI is InChI=1S/C13H26N2O3/c1-12(2,13(3,4)14)11(18)15-9-7-5-6-8-10(16)17/h5-9,14H2,1-4H3,(H,15,18)(H,16,17). The van der Waals surface area contributed by atoms with Crippen molar-refractivity contribution in [2.24, 2.45) is 11.1 Å². The normalized spacial score (nSPS) is 12.3. The van der Waals surface area contributed by atoms with Gasteiger partial charge in [-0.15, -0.1) is 0 Å². The zero-order valence-corrected chi connectivity index (χ0v) is 11.9. The summed E-state index contributed by atoms with van der Waals surface area (Å²) < 4.78 is 0.